The van der Waals surface area contributed by atoms with Gasteiger partial charge in [0.1, 0.15) is 0 Å². The molecule has 1 heterocycles. The molecule has 0 bridgehead atoms. The van der Waals surface area contributed by atoms with Crippen molar-refractivity contribution in [2.75, 3.05) is 18.0 Å². The maximum atomic E-state index is 3.57. The number of benzene rings is 1. The summed E-state index contributed by atoms with van der Waals surface area (Å²) in [6.45, 7) is 4.56. The fraction of sp³-hybridized carbons (Fsp3) is 0.455. The van der Waals surface area contributed by atoms with Crippen LogP contribution in [-0.2, 0) is 0 Å². The molecule has 0 unspecified atom stereocenters. The Balaban J connectivity index is 2.25. The van der Waals surface area contributed by atoms with Gasteiger partial charge in [0.05, 0.1) is 0 Å². The van der Waals surface area contributed by atoms with E-state index < -0.39 is 0 Å². The molecule has 0 atom stereocenters. The summed E-state index contributed by atoms with van der Waals surface area (Å²) in [5.41, 5.74) is 2.66. The summed E-state index contributed by atoms with van der Waals surface area (Å²) in [5, 5.41) is 0. The molecule has 1 fully saturated rings. The predicted molar refractivity (Wildman–Crippen MR) is 60.3 cm³/mol. The minimum absolute atomic E-state index is 1.22. The van der Waals surface area contributed by atoms with Crippen molar-refractivity contribution in [3.63, 3.8) is 0 Å². The van der Waals surface area contributed by atoms with E-state index in [1.165, 1.54) is 41.7 Å². The van der Waals surface area contributed by atoms with Crippen molar-refractivity contribution in [1.29, 1.82) is 0 Å². The molecule has 1 aromatic carbocycles. The average molecular weight is 240 g/mol. The van der Waals surface area contributed by atoms with E-state index in [4.69, 9.17) is 0 Å². The first-order valence-electron chi connectivity index (χ1n) is 4.78. The summed E-state index contributed by atoms with van der Waals surface area (Å²) in [6.07, 6.45) is 2.68. The van der Waals surface area contributed by atoms with Crippen LogP contribution in [0.5, 0.6) is 0 Å². The minimum Gasteiger partial charge on any atom is -0.372 e. The van der Waals surface area contributed by atoms with Gasteiger partial charge in [-0.05, 0) is 37.5 Å². The van der Waals surface area contributed by atoms with Gasteiger partial charge in [0.25, 0.3) is 0 Å². The van der Waals surface area contributed by atoms with E-state index in [0.29, 0.717) is 0 Å². The number of halogens is 1. The van der Waals surface area contributed by atoms with E-state index in [0.717, 1.165) is 0 Å². The van der Waals surface area contributed by atoms with Crippen LogP contribution in [0, 0.1) is 6.92 Å². The van der Waals surface area contributed by atoms with Gasteiger partial charge in [-0.2, -0.15) is 0 Å². The van der Waals surface area contributed by atoms with E-state index in [9.17, 15) is 0 Å². The largest absolute Gasteiger partial charge is 0.372 e. The molecular formula is C11H14BrN. The highest BCUT2D eigenvalue weighted by atomic mass is 79.9. The van der Waals surface area contributed by atoms with Crippen LogP contribution in [0.15, 0.2) is 22.7 Å². The second-order valence-corrected chi connectivity index (χ2v) is 4.48. The molecule has 0 N–H and O–H groups in total. The molecule has 0 aromatic heterocycles. The number of aryl methyl sites for hydroxylation is 1. The second kappa shape index (κ2) is 3.70. The quantitative estimate of drug-likeness (QED) is 0.727. The smallest absolute Gasteiger partial charge is 0.0377 e. The molecule has 0 aliphatic carbocycles. The molecule has 0 spiro atoms. The Morgan fingerprint density at radius 1 is 1.23 bits per heavy atom. The summed E-state index contributed by atoms with van der Waals surface area (Å²) in [4.78, 5) is 2.45. The Kier molecular flexibility index (Phi) is 2.58. The highest BCUT2D eigenvalue weighted by Gasteiger charge is 2.12. The van der Waals surface area contributed by atoms with E-state index in [1.807, 2.05) is 0 Å². The lowest BCUT2D eigenvalue weighted by molar-refractivity contribution is 0.949. The number of rotatable bonds is 1. The third-order valence-corrected chi connectivity index (χ3v) is 3.48. The summed E-state index contributed by atoms with van der Waals surface area (Å²) < 4.78 is 1.22. The first kappa shape index (κ1) is 9.07. The van der Waals surface area contributed by atoms with Crippen LogP contribution >= 0.6 is 15.9 Å². The highest BCUT2D eigenvalue weighted by molar-refractivity contribution is 9.10. The first-order chi connectivity index (χ1) is 6.27. The van der Waals surface area contributed by atoms with Crippen molar-refractivity contribution >= 4 is 21.6 Å². The van der Waals surface area contributed by atoms with Crippen LogP contribution in [0.3, 0.4) is 0 Å². The van der Waals surface area contributed by atoms with Crippen molar-refractivity contribution in [1.82, 2.24) is 0 Å². The minimum atomic E-state index is 1.22. The Labute approximate surface area is 87.9 Å². The molecule has 2 rings (SSSR count). The van der Waals surface area contributed by atoms with Gasteiger partial charge in [0.2, 0.25) is 0 Å². The summed E-state index contributed by atoms with van der Waals surface area (Å²) in [5.74, 6) is 0. The fourth-order valence-corrected chi connectivity index (χ4v) is 2.12. The van der Waals surface area contributed by atoms with Crippen LogP contribution < -0.4 is 4.90 Å². The van der Waals surface area contributed by atoms with Crippen LogP contribution in [0.25, 0.3) is 0 Å². The molecule has 70 valence electrons. The number of hydrogen-bond acceptors (Lipinski definition) is 1. The zero-order valence-electron chi connectivity index (χ0n) is 7.89. The van der Waals surface area contributed by atoms with Gasteiger partial charge < -0.3 is 4.90 Å². The van der Waals surface area contributed by atoms with Crippen molar-refractivity contribution in [2.24, 2.45) is 0 Å². The molecule has 1 aliphatic rings. The van der Waals surface area contributed by atoms with Crippen LogP contribution in [0.2, 0.25) is 0 Å². The predicted octanol–water partition coefficient (Wildman–Crippen LogP) is 3.36. The lowest BCUT2D eigenvalue weighted by Gasteiger charge is -2.18. The van der Waals surface area contributed by atoms with E-state index in [-0.39, 0.29) is 0 Å². The molecule has 1 nitrogen and oxygen atoms in total. The molecule has 0 saturated carbocycles. The highest BCUT2D eigenvalue weighted by Crippen LogP contribution is 2.25. The number of anilines is 1. The topological polar surface area (TPSA) is 3.24 Å². The summed E-state index contributed by atoms with van der Waals surface area (Å²) >= 11 is 3.57. The zero-order chi connectivity index (χ0) is 9.26. The van der Waals surface area contributed by atoms with Gasteiger partial charge in [-0.25, -0.2) is 0 Å². The SMILES string of the molecule is Cc1ccc(N2CCCC2)cc1Br. The Morgan fingerprint density at radius 3 is 2.54 bits per heavy atom. The molecule has 2 heteroatoms. The van der Waals surface area contributed by atoms with Crippen molar-refractivity contribution in [2.45, 2.75) is 19.8 Å². The molecule has 1 saturated heterocycles. The van der Waals surface area contributed by atoms with E-state index >= 15 is 0 Å². The Bertz CT molecular complexity index is 303. The van der Waals surface area contributed by atoms with Crippen molar-refractivity contribution in [3.8, 4) is 0 Å². The number of hydrogen-bond donors (Lipinski definition) is 0. The third kappa shape index (κ3) is 1.88. The molecule has 0 amide bonds. The maximum Gasteiger partial charge on any atom is 0.0377 e. The van der Waals surface area contributed by atoms with E-state index in [1.54, 1.807) is 0 Å². The maximum absolute atomic E-state index is 3.57. The summed E-state index contributed by atoms with van der Waals surface area (Å²) in [6, 6.07) is 6.61. The Morgan fingerprint density at radius 2 is 1.92 bits per heavy atom. The lowest BCUT2D eigenvalue weighted by atomic mass is 10.2. The van der Waals surface area contributed by atoms with Gasteiger partial charge in [-0.15, -0.1) is 0 Å². The molecule has 13 heavy (non-hydrogen) atoms. The monoisotopic (exact) mass is 239 g/mol. The normalized spacial score (nSPS) is 16.6. The average Bonchev–Trinajstić information content (AvgIpc) is 2.62. The van der Waals surface area contributed by atoms with Crippen molar-refractivity contribution in [3.05, 3.63) is 28.2 Å². The lowest BCUT2D eigenvalue weighted by Crippen LogP contribution is -2.17. The van der Waals surface area contributed by atoms with Gasteiger partial charge in [0.15, 0.2) is 0 Å². The van der Waals surface area contributed by atoms with Gasteiger partial charge in [-0.3, -0.25) is 0 Å². The molecule has 0 radical (unpaired) electrons. The van der Waals surface area contributed by atoms with Crippen LogP contribution in [0.4, 0.5) is 5.69 Å². The van der Waals surface area contributed by atoms with E-state index in [2.05, 4.69) is 46.0 Å². The van der Waals surface area contributed by atoms with Gasteiger partial charge in [0, 0.05) is 23.2 Å². The van der Waals surface area contributed by atoms with Gasteiger partial charge >= 0.3 is 0 Å². The van der Waals surface area contributed by atoms with Gasteiger partial charge in [-0.1, -0.05) is 22.0 Å². The summed E-state index contributed by atoms with van der Waals surface area (Å²) in [7, 11) is 0. The van der Waals surface area contributed by atoms with Crippen LogP contribution in [-0.4, -0.2) is 13.1 Å². The Hall–Kier alpha value is -0.500. The molecule has 1 aliphatic heterocycles. The third-order valence-electron chi connectivity index (χ3n) is 2.63. The molecular weight excluding hydrogens is 226 g/mol. The fourth-order valence-electron chi connectivity index (χ4n) is 1.75. The van der Waals surface area contributed by atoms with Crippen LogP contribution in [0.1, 0.15) is 18.4 Å². The number of nitrogens with zero attached hydrogens (tertiary/aromatic N) is 1. The second-order valence-electron chi connectivity index (χ2n) is 3.63. The van der Waals surface area contributed by atoms with Crippen molar-refractivity contribution < 1.29 is 0 Å². The standard InChI is InChI=1S/C11H14BrN/c1-9-4-5-10(8-11(9)12)13-6-2-3-7-13/h4-5,8H,2-3,6-7H2,1H3. The zero-order valence-corrected chi connectivity index (χ0v) is 9.47. The molecule has 1 aromatic rings. The first-order valence-corrected chi connectivity index (χ1v) is 5.58.